The van der Waals surface area contributed by atoms with Crippen molar-refractivity contribution in [1.82, 2.24) is 5.32 Å². The largest absolute Gasteiger partial charge is 0.396 e. The molecule has 2 rings (SSSR count). The zero-order chi connectivity index (χ0) is 13.5. The Labute approximate surface area is 114 Å². The monoisotopic (exact) mass is 262 g/mol. The second kappa shape index (κ2) is 7.26. The van der Waals surface area contributed by atoms with Crippen molar-refractivity contribution in [2.45, 2.75) is 38.1 Å². The molecule has 1 aliphatic rings. The molecule has 0 aromatic heterocycles. The number of benzene rings is 1. The second-order valence-electron chi connectivity index (χ2n) is 5.07. The molecule has 3 N–H and O–H groups in total. The van der Waals surface area contributed by atoms with Crippen LogP contribution in [0.15, 0.2) is 24.3 Å². The highest BCUT2D eigenvalue weighted by Gasteiger charge is 2.16. The van der Waals surface area contributed by atoms with Crippen LogP contribution in [0.3, 0.4) is 0 Å². The average molecular weight is 262 g/mol. The van der Waals surface area contributed by atoms with Gasteiger partial charge in [0.25, 0.3) is 0 Å². The van der Waals surface area contributed by atoms with Crippen LogP contribution in [0.1, 0.15) is 31.2 Å². The van der Waals surface area contributed by atoms with Gasteiger partial charge in [-0.25, -0.2) is 0 Å². The van der Waals surface area contributed by atoms with Gasteiger partial charge in [-0.1, -0.05) is 18.6 Å². The molecule has 0 spiro atoms. The second-order valence-corrected chi connectivity index (χ2v) is 5.07. The van der Waals surface area contributed by atoms with Crippen LogP contribution >= 0.6 is 0 Å². The van der Waals surface area contributed by atoms with E-state index >= 15 is 0 Å². The maximum atomic E-state index is 11.9. The lowest BCUT2D eigenvalue weighted by atomic mass is 10.0. The van der Waals surface area contributed by atoms with Crippen LogP contribution in [-0.2, 0) is 11.2 Å². The zero-order valence-electron chi connectivity index (χ0n) is 11.2. The van der Waals surface area contributed by atoms with Crippen LogP contribution in [0.4, 0.5) is 5.69 Å². The summed E-state index contributed by atoms with van der Waals surface area (Å²) in [7, 11) is 0. The lowest BCUT2D eigenvalue weighted by molar-refractivity contribution is -0.116. The molecular weight excluding hydrogens is 240 g/mol. The van der Waals surface area contributed by atoms with Gasteiger partial charge in [-0.3, -0.25) is 4.79 Å². The molecule has 104 valence electrons. The number of nitrogens with one attached hydrogen (secondary N) is 2. The number of aliphatic hydroxyl groups excluding tert-OH is 1. The Hall–Kier alpha value is -1.39. The molecule has 1 saturated heterocycles. The van der Waals surface area contributed by atoms with E-state index in [1.54, 1.807) is 0 Å². The van der Waals surface area contributed by atoms with Gasteiger partial charge in [0.1, 0.15) is 0 Å². The summed E-state index contributed by atoms with van der Waals surface area (Å²) in [6, 6.07) is 7.96. The van der Waals surface area contributed by atoms with Crippen LogP contribution in [0.5, 0.6) is 0 Å². The number of hydrogen-bond donors (Lipinski definition) is 3. The first kappa shape index (κ1) is 14.0. The van der Waals surface area contributed by atoms with Crippen molar-refractivity contribution >= 4 is 11.6 Å². The van der Waals surface area contributed by atoms with Gasteiger partial charge in [0, 0.05) is 24.8 Å². The van der Waals surface area contributed by atoms with E-state index in [-0.39, 0.29) is 12.5 Å². The van der Waals surface area contributed by atoms with Gasteiger partial charge in [0.15, 0.2) is 0 Å². The molecule has 1 aromatic carbocycles. The summed E-state index contributed by atoms with van der Waals surface area (Å²) >= 11 is 0. The molecule has 19 heavy (non-hydrogen) atoms. The fraction of sp³-hybridized carbons (Fsp3) is 0.533. The minimum atomic E-state index is 0.0642. The number of amides is 1. The number of carbonyl (C=O) groups excluding carboxylic acids is 1. The van der Waals surface area contributed by atoms with Crippen LogP contribution in [0, 0.1) is 0 Å². The number of hydrogen-bond acceptors (Lipinski definition) is 3. The van der Waals surface area contributed by atoms with E-state index in [0.717, 1.165) is 24.2 Å². The number of anilines is 1. The van der Waals surface area contributed by atoms with E-state index in [0.29, 0.717) is 18.9 Å². The Kier molecular flexibility index (Phi) is 5.36. The van der Waals surface area contributed by atoms with Crippen molar-refractivity contribution in [3.63, 3.8) is 0 Å². The lowest BCUT2D eigenvalue weighted by Crippen LogP contribution is -2.36. The molecule has 1 unspecified atom stereocenters. The molecule has 1 amide bonds. The predicted molar refractivity (Wildman–Crippen MR) is 76.1 cm³/mol. The maximum absolute atomic E-state index is 11.9. The van der Waals surface area contributed by atoms with Gasteiger partial charge in [0.2, 0.25) is 5.91 Å². The van der Waals surface area contributed by atoms with E-state index in [2.05, 4.69) is 10.6 Å². The van der Waals surface area contributed by atoms with Crippen molar-refractivity contribution in [3.8, 4) is 0 Å². The molecule has 4 nitrogen and oxygen atoms in total. The third kappa shape index (κ3) is 4.65. The van der Waals surface area contributed by atoms with Gasteiger partial charge < -0.3 is 15.7 Å². The zero-order valence-corrected chi connectivity index (χ0v) is 11.2. The van der Waals surface area contributed by atoms with Crippen LogP contribution in [0.2, 0.25) is 0 Å². The lowest BCUT2D eigenvalue weighted by Gasteiger charge is -2.22. The summed E-state index contributed by atoms with van der Waals surface area (Å²) in [4.78, 5) is 11.9. The van der Waals surface area contributed by atoms with Gasteiger partial charge in [-0.2, -0.15) is 0 Å². The van der Waals surface area contributed by atoms with Crippen LogP contribution in [-0.4, -0.2) is 30.2 Å². The molecule has 0 saturated carbocycles. The quantitative estimate of drug-likeness (QED) is 0.757. The first-order valence-corrected chi connectivity index (χ1v) is 7.01. The SMILES string of the molecule is O=C(CC1CCCCN1)Nc1ccc(CCO)cc1. The Morgan fingerprint density at radius 3 is 2.74 bits per heavy atom. The summed E-state index contributed by atoms with van der Waals surface area (Å²) in [5.74, 6) is 0.0642. The minimum Gasteiger partial charge on any atom is -0.396 e. The smallest absolute Gasteiger partial charge is 0.225 e. The third-order valence-electron chi connectivity index (χ3n) is 3.48. The fourth-order valence-electron chi connectivity index (χ4n) is 2.42. The molecule has 1 aromatic rings. The first-order chi connectivity index (χ1) is 9.28. The molecule has 1 heterocycles. The molecule has 0 bridgehead atoms. The van der Waals surface area contributed by atoms with Gasteiger partial charge >= 0.3 is 0 Å². The van der Waals surface area contributed by atoms with Crippen molar-refractivity contribution in [2.24, 2.45) is 0 Å². The van der Waals surface area contributed by atoms with Gasteiger partial charge in [-0.05, 0) is 43.5 Å². The molecular formula is C15H22N2O2. The summed E-state index contributed by atoms with van der Waals surface area (Å²) in [5.41, 5.74) is 1.90. The van der Waals surface area contributed by atoms with E-state index in [4.69, 9.17) is 5.11 Å². The predicted octanol–water partition coefficient (Wildman–Crippen LogP) is 1.69. The number of carbonyl (C=O) groups is 1. The van der Waals surface area contributed by atoms with E-state index in [1.165, 1.54) is 12.8 Å². The maximum Gasteiger partial charge on any atom is 0.225 e. The first-order valence-electron chi connectivity index (χ1n) is 7.01. The Balaban J connectivity index is 1.80. The van der Waals surface area contributed by atoms with E-state index < -0.39 is 0 Å². The fourth-order valence-corrected chi connectivity index (χ4v) is 2.42. The highest BCUT2D eigenvalue weighted by molar-refractivity contribution is 5.91. The van der Waals surface area contributed by atoms with E-state index in [1.807, 2.05) is 24.3 Å². The van der Waals surface area contributed by atoms with Crippen LogP contribution in [0.25, 0.3) is 0 Å². The third-order valence-corrected chi connectivity index (χ3v) is 3.48. The van der Waals surface area contributed by atoms with Crippen molar-refractivity contribution in [2.75, 3.05) is 18.5 Å². The van der Waals surface area contributed by atoms with E-state index in [9.17, 15) is 4.79 Å². The summed E-state index contributed by atoms with van der Waals surface area (Å²) in [5, 5.41) is 15.1. The van der Waals surface area contributed by atoms with Crippen molar-refractivity contribution in [1.29, 1.82) is 0 Å². The minimum absolute atomic E-state index is 0.0642. The number of aliphatic hydroxyl groups is 1. The van der Waals surface area contributed by atoms with Gasteiger partial charge in [-0.15, -0.1) is 0 Å². The highest BCUT2D eigenvalue weighted by atomic mass is 16.2. The topological polar surface area (TPSA) is 61.4 Å². The molecule has 1 atom stereocenters. The van der Waals surface area contributed by atoms with Crippen molar-refractivity contribution < 1.29 is 9.90 Å². The normalized spacial score (nSPS) is 19.1. The van der Waals surface area contributed by atoms with Crippen molar-refractivity contribution in [3.05, 3.63) is 29.8 Å². The number of piperidine rings is 1. The molecule has 4 heteroatoms. The highest BCUT2D eigenvalue weighted by Crippen LogP contribution is 2.13. The van der Waals surface area contributed by atoms with Crippen LogP contribution < -0.4 is 10.6 Å². The Morgan fingerprint density at radius 1 is 1.32 bits per heavy atom. The molecule has 1 aliphatic heterocycles. The molecule has 1 fully saturated rings. The molecule has 0 aliphatic carbocycles. The molecule has 0 radical (unpaired) electrons. The Bertz CT molecular complexity index is 397. The average Bonchev–Trinajstić information content (AvgIpc) is 2.42. The number of rotatable bonds is 5. The Morgan fingerprint density at radius 2 is 2.11 bits per heavy atom. The summed E-state index contributed by atoms with van der Waals surface area (Å²) < 4.78 is 0. The standard InChI is InChI=1S/C15H22N2O2/c18-10-8-12-4-6-13(7-5-12)17-15(19)11-14-3-1-2-9-16-14/h4-7,14,16,18H,1-3,8-11H2,(H,17,19). The van der Waals surface area contributed by atoms with Gasteiger partial charge in [0.05, 0.1) is 0 Å². The summed E-state index contributed by atoms with van der Waals surface area (Å²) in [6.07, 6.45) is 4.70. The summed E-state index contributed by atoms with van der Waals surface area (Å²) in [6.45, 7) is 1.17.